The maximum atomic E-state index is 11.6. The van der Waals surface area contributed by atoms with Gasteiger partial charge in [0, 0.05) is 12.7 Å². The molecule has 0 aromatic heterocycles. The van der Waals surface area contributed by atoms with Crippen LogP contribution in [-0.2, 0) is 6.42 Å². The maximum Gasteiger partial charge on any atom is 0.318 e. The molecule has 0 saturated carbocycles. The number of urea groups is 1. The van der Waals surface area contributed by atoms with Crippen LogP contribution in [0.25, 0.3) is 0 Å². The van der Waals surface area contributed by atoms with Crippen molar-refractivity contribution in [3.8, 4) is 0 Å². The van der Waals surface area contributed by atoms with Crippen LogP contribution in [0.4, 0.5) is 4.79 Å². The van der Waals surface area contributed by atoms with Gasteiger partial charge in [-0.2, -0.15) is 0 Å². The molecular formula is C18H28N2O. The highest BCUT2D eigenvalue weighted by Crippen LogP contribution is 2.23. The van der Waals surface area contributed by atoms with Gasteiger partial charge in [-0.3, -0.25) is 0 Å². The number of nitrogens with one attached hydrogen (secondary N) is 2. The van der Waals surface area contributed by atoms with Gasteiger partial charge >= 0.3 is 6.03 Å². The molecule has 0 radical (unpaired) electrons. The van der Waals surface area contributed by atoms with E-state index in [2.05, 4.69) is 55.7 Å². The largest absolute Gasteiger partial charge is 0.338 e. The van der Waals surface area contributed by atoms with E-state index in [4.69, 9.17) is 0 Å². The molecule has 116 valence electrons. The second-order valence-corrected chi connectivity index (χ2v) is 6.42. The van der Waals surface area contributed by atoms with Gasteiger partial charge in [0.2, 0.25) is 0 Å². The van der Waals surface area contributed by atoms with Crippen LogP contribution < -0.4 is 10.6 Å². The normalized spacial score (nSPS) is 12.1. The van der Waals surface area contributed by atoms with Gasteiger partial charge in [-0.25, -0.2) is 4.79 Å². The van der Waals surface area contributed by atoms with Crippen LogP contribution in [0.5, 0.6) is 0 Å². The predicted molar refractivity (Wildman–Crippen MR) is 89.1 cm³/mol. The highest BCUT2D eigenvalue weighted by Gasteiger charge is 2.12. The molecule has 1 aromatic rings. The summed E-state index contributed by atoms with van der Waals surface area (Å²) in [5, 5.41) is 5.67. The summed E-state index contributed by atoms with van der Waals surface area (Å²) in [6, 6.07) is 10.3. The van der Waals surface area contributed by atoms with Gasteiger partial charge in [0.1, 0.15) is 0 Å². The van der Waals surface area contributed by atoms with Gasteiger partial charge in [-0.05, 0) is 37.2 Å². The first-order chi connectivity index (χ1) is 9.89. The minimum atomic E-state index is -0.127. The fraction of sp³-hybridized carbons (Fsp3) is 0.500. The summed E-state index contributed by atoms with van der Waals surface area (Å²) < 4.78 is 0. The zero-order valence-corrected chi connectivity index (χ0v) is 13.7. The standard InChI is InChI=1S/C18H28N2O/c1-15(18(2,3)4)14-20-17(21)19-13-9-8-12-16-10-6-5-7-11-16/h5-7,10-11,14H,8-9,12-13H2,1-4H3,(H2,19,20,21)/b15-14+. The Morgan fingerprint density at radius 3 is 2.43 bits per heavy atom. The summed E-state index contributed by atoms with van der Waals surface area (Å²) in [5.74, 6) is 0. The molecule has 1 rings (SSSR count). The Hall–Kier alpha value is -1.77. The third-order valence-corrected chi connectivity index (χ3v) is 3.62. The summed E-state index contributed by atoms with van der Waals surface area (Å²) >= 11 is 0. The van der Waals surface area contributed by atoms with E-state index < -0.39 is 0 Å². The fourth-order valence-corrected chi connectivity index (χ4v) is 1.74. The second-order valence-electron chi connectivity index (χ2n) is 6.42. The minimum absolute atomic E-state index is 0.0863. The number of carbonyl (C=O) groups is 1. The molecule has 0 bridgehead atoms. The van der Waals surface area contributed by atoms with Crippen molar-refractivity contribution < 1.29 is 4.79 Å². The van der Waals surface area contributed by atoms with Gasteiger partial charge in [0.15, 0.2) is 0 Å². The van der Waals surface area contributed by atoms with Crippen LogP contribution in [0.15, 0.2) is 42.1 Å². The van der Waals surface area contributed by atoms with Crippen molar-refractivity contribution in [1.29, 1.82) is 0 Å². The number of hydrogen-bond acceptors (Lipinski definition) is 1. The van der Waals surface area contributed by atoms with Gasteiger partial charge in [-0.15, -0.1) is 0 Å². The molecule has 0 fully saturated rings. The van der Waals surface area contributed by atoms with Crippen molar-refractivity contribution in [1.82, 2.24) is 10.6 Å². The van der Waals surface area contributed by atoms with Crippen molar-refractivity contribution in [2.24, 2.45) is 5.41 Å². The third kappa shape index (κ3) is 7.54. The lowest BCUT2D eigenvalue weighted by Gasteiger charge is -2.19. The molecule has 2 amide bonds. The van der Waals surface area contributed by atoms with Gasteiger partial charge in [-0.1, -0.05) is 56.7 Å². The SMILES string of the molecule is C/C(=C\NC(=O)NCCCCc1ccccc1)C(C)(C)C. The molecule has 0 saturated heterocycles. The molecule has 0 heterocycles. The average molecular weight is 288 g/mol. The van der Waals surface area contributed by atoms with Crippen LogP contribution in [0.2, 0.25) is 0 Å². The van der Waals surface area contributed by atoms with Crippen molar-refractivity contribution in [3.05, 3.63) is 47.7 Å². The second kappa shape index (κ2) is 8.50. The summed E-state index contributed by atoms with van der Waals surface area (Å²) in [6.07, 6.45) is 4.93. The summed E-state index contributed by atoms with van der Waals surface area (Å²) in [4.78, 5) is 11.6. The Bertz CT molecular complexity index is 458. The van der Waals surface area contributed by atoms with Crippen molar-refractivity contribution >= 4 is 6.03 Å². The van der Waals surface area contributed by atoms with E-state index in [0.717, 1.165) is 24.8 Å². The van der Waals surface area contributed by atoms with Crippen LogP contribution in [0.3, 0.4) is 0 Å². The Kier molecular flexibility index (Phi) is 7.00. The number of benzene rings is 1. The topological polar surface area (TPSA) is 41.1 Å². The Balaban J connectivity index is 2.14. The lowest BCUT2D eigenvalue weighted by molar-refractivity contribution is 0.243. The molecule has 0 spiro atoms. The fourth-order valence-electron chi connectivity index (χ4n) is 1.74. The number of rotatable bonds is 6. The Labute approximate surface area is 128 Å². The van der Waals surface area contributed by atoms with Crippen LogP contribution >= 0.6 is 0 Å². The number of unbranched alkanes of at least 4 members (excludes halogenated alkanes) is 1. The molecule has 0 aliphatic carbocycles. The molecule has 1 aromatic carbocycles. The maximum absolute atomic E-state index is 11.6. The lowest BCUT2D eigenvalue weighted by Crippen LogP contribution is -2.33. The molecule has 0 atom stereocenters. The molecule has 2 N–H and O–H groups in total. The smallest absolute Gasteiger partial charge is 0.318 e. The van der Waals surface area contributed by atoms with E-state index in [1.807, 2.05) is 13.0 Å². The monoisotopic (exact) mass is 288 g/mol. The number of carbonyl (C=O) groups excluding carboxylic acids is 1. The Morgan fingerprint density at radius 2 is 1.81 bits per heavy atom. The highest BCUT2D eigenvalue weighted by atomic mass is 16.2. The van der Waals surface area contributed by atoms with Gasteiger partial charge < -0.3 is 10.6 Å². The molecule has 21 heavy (non-hydrogen) atoms. The van der Waals surface area contributed by atoms with Gasteiger partial charge in [0.05, 0.1) is 0 Å². The summed E-state index contributed by atoms with van der Waals surface area (Å²) in [7, 11) is 0. The predicted octanol–water partition coefficient (Wildman–Crippen LogP) is 4.26. The van der Waals surface area contributed by atoms with Gasteiger partial charge in [0.25, 0.3) is 0 Å². The first-order valence-electron chi connectivity index (χ1n) is 7.65. The van der Waals surface area contributed by atoms with Crippen molar-refractivity contribution in [3.63, 3.8) is 0 Å². The quantitative estimate of drug-likeness (QED) is 0.755. The molecule has 0 aliphatic rings. The van der Waals surface area contributed by atoms with Crippen molar-refractivity contribution in [2.45, 2.75) is 47.0 Å². The first-order valence-corrected chi connectivity index (χ1v) is 7.65. The summed E-state index contributed by atoms with van der Waals surface area (Å²) in [5.41, 5.74) is 2.59. The third-order valence-electron chi connectivity index (χ3n) is 3.62. The molecule has 3 heteroatoms. The molecular weight excluding hydrogens is 260 g/mol. The van der Waals surface area contributed by atoms with Crippen molar-refractivity contribution in [2.75, 3.05) is 6.54 Å². The first kappa shape index (κ1) is 17.3. The Morgan fingerprint density at radius 1 is 1.14 bits per heavy atom. The van der Waals surface area contributed by atoms with E-state index in [1.165, 1.54) is 5.56 Å². The van der Waals surface area contributed by atoms with E-state index >= 15 is 0 Å². The van der Waals surface area contributed by atoms with E-state index in [-0.39, 0.29) is 11.4 Å². The van der Waals surface area contributed by atoms with E-state index in [1.54, 1.807) is 6.20 Å². The molecule has 3 nitrogen and oxygen atoms in total. The van der Waals surface area contributed by atoms with Crippen LogP contribution in [0.1, 0.15) is 46.1 Å². The highest BCUT2D eigenvalue weighted by molar-refractivity contribution is 5.74. The number of allylic oxidation sites excluding steroid dienone is 1. The van der Waals surface area contributed by atoms with Crippen LogP contribution in [0, 0.1) is 5.41 Å². The number of aryl methyl sites for hydroxylation is 1. The average Bonchev–Trinajstić information content (AvgIpc) is 2.44. The molecule has 0 unspecified atom stereocenters. The van der Waals surface area contributed by atoms with E-state index in [9.17, 15) is 4.79 Å². The zero-order valence-electron chi connectivity index (χ0n) is 13.7. The molecule has 0 aliphatic heterocycles. The zero-order chi connectivity index (χ0) is 15.7. The minimum Gasteiger partial charge on any atom is -0.338 e. The lowest BCUT2D eigenvalue weighted by atomic mass is 9.88. The summed E-state index contributed by atoms with van der Waals surface area (Å²) in [6.45, 7) is 9.12. The van der Waals surface area contributed by atoms with Crippen LogP contribution in [-0.4, -0.2) is 12.6 Å². The van der Waals surface area contributed by atoms with E-state index in [0.29, 0.717) is 6.54 Å². The number of amides is 2. The number of hydrogen-bond donors (Lipinski definition) is 2.